The zero-order chi connectivity index (χ0) is 11.9. The van der Waals surface area contributed by atoms with E-state index in [1.54, 1.807) is 0 Å². The maximum atomic E-state index is 11.4. The van der Waals surface area contributed by atoms with Crippen molar-refractivity contribution in [3.63, 3.8) is 0 Å². The third-order valence-electron chi connectivity index (χ3n) is 2.22. The summed E-state index contributed by atoms with van der Waals surface area (Å²) >= 11 is 0. The highest BCUT2D eigenvalue weighted by Crippen LogP contribution is 2.28. The lowest BCUT2D eigenvalue weighted by Gasteiger charge is -2.03. The van der Waals surface area contributed by atoms with Crippen LogP contribution in [0.4, 0.5) is 0 Å². The fraction of sp³-hybridized carbons (Fsp3) is 0.0909. The average Bonchev–Trinajstić information content (AvgIpc) is 2.15. The van der Waals surface area contributed by atoms with Crippen LogP contribution in [0, 0.1) is 0 Å². The molecule has 0 aliphatic rings. The fourth-order valence-electron chi connectivity index (χ4n) is 1.48. The first kappa shape index (κ1) is 10.2. The highest BCUT2D eigenvalue weighted by Gasteiger charge is 2.17. The quantitative estimate of drug-likeness (QED) is 0.560. The number of ketones is 1. The van der Waals surface area contributed by atoms with Gasteiger partial charge in [0, 0.05) is 6.07 Å². The van der Waals surface area contributed by atoms with Gasteiger partial charge < -0.3 is 14.6 Å². The summed E-state index contributed by atoms with van der Waals surface area (Å²) in [5.74, 6) is -1.08. The Balaban J connectivity index is 2.94. The molecule has 1 aromatic heterocycles. The van der Waals surface area contributed by atoms with Gasteiger partial charge in [0.1, 0.15) is 22.6 Å². The molecule has 5 nitrogen and oxygen atoms in total. The number of phenols is 1. The summed E-state index contributed by atoms with van der Waals surface area (Å²) in [4.78, 5) is 22.5. The fourth-order valence-corrected chi connectivity index (χ4v) is 1.48. The van der Waals surface area contributed by atoms with E-state index in [1.165, 1.54) is 18.2 Å². The Hall–Kier alpha value is -2.30. The number of hydrogen-bond donors (Lipinski definition) is 2. The highest BCUT2D eigenvalue weighted by molar-refractivity contribution is 6.01. The summed E-state index contributed by atoms with van der Waals surface area (Å²) in [6.45, 7) is 1.16. The van der Waals surface area contributed by atoms with Gasteiger partial charge in [-0.2, -0.15) is 0 Å². The lowest BCUT2D eigenvalue weighted by molar-refractivity contribution is 0.101. The molecule has 2 aromatic rings. The molecule has 82 valence electrons. The minimum atomic E-state index is -0.914. The van der Waals surface area contributed by atoms with Crippen LogP contribution in [0.1, 0.15) is 17.3 Å². The van der Waals surface area contributed by atoms with Crippen LogP contribution >= 0.6 is 0 Å². The first-order chi connectivity index (χ1) is 7.50. The van der Waals surface area contributed by atoms with E-state index < -0.39 is 17.2 Å². The van der Waals surface area contributed by atoms with Crippen LogP contribution in [0.15, 0.2) is 27.4 Å². The van der Waals surface area contributed by atoms with Gasteiger partial charge in [0.25, 0.3) is 0 Å². The van der Waals surface area contributed by atoms with Crippen molar-refractivity contribution in [3.8, 4) is 11.5 Å². The number of phenolic OH excluding ortho intramolecular Hbond substituents is 1. The molecule has 1 heterocycles. The van der Waals surface area contributed by atoms with Crippen LogP contribution in [0.3, 0.4) is 0 Å². The number of fused-ring (bicyclic) bond motifs is 1. The van der Waals surface area contributed by atoms with Crippen LogP contribution < -0.4 is 5.63 Å². The molecule has 0 aliphatic heterocycles. The molecule has 0 fully saturated rings. The lowest BCUT2D eigenvalue weighted by Crippen LogP contribution is -2.11. The van der Waals surface area contributed by atoms with Gasteiger partial charge in [0.05, 0.1) is 5.39 Å². The third-order valence-corrected chi connectivity index (χ3v) is 2.22. The van der Waals surface area contributed by atoms with Gasteiger partial charge in [0.15, 0.2) is 5.78 Å². The normalized spacial score (nSPS) is 10.6. The van der Waals surface area contributed by atoms with E-state index in [9.17, 15) is 19.8 Å². The third kappa shape index (κ3) is 1.42. The van der Waals surface area contributed by atoms with Crippen LogP contribution in [-0.4, -0.2) is 16.0 Å². The van der Waals surface area contributed by atoms with Crippen molar-refractivity contribution in [2.45, 2.75) is 6.92 Å². The molecule has 0 aliphatic carbocycles. The van der Waals surface area contributed by atoms with Crippen LogP contribution in [0.2, 0.25) is 0 Å². The van der Waals surface area contributed by atoms with Gasteiger partial charge in [0.2, 0.25) is 0 Å². The number of Topliss-reactive ketones (excluding diaryl/α,β-unsaturated/α-hetero) is 1. The second-order valence-electron chi connectivity index (χ2n) is 3.35. The summed E-state index contributed by atoms with van der Waals surface area (Å²) in [5, 5.41) is 19.1. The zero-order valence-corrected chi connectivity index (χ0v) is 8.35. The second kappa shape index (κ2) is 3.37. The second-order valence-corrected chi connectivity index (χ2v) is 3.35. The smallest absolute Gasteiger partial charge is 0.351 e. The molecule has 0 radical (unpaired) electrons. The Morgan fingerprint density at radius 2 is 2.00 bits per heavy atom. The van der Waals surface area contributed by atoms with E-state index in [0.29, 0.717) is 0 Å². The summed E-state index contributed by atoms with van der Waals surface area (Å²) in [7, 11) is 0. The van der Waals surface area contributed by atoms with Gasteiger partial charge in [-0.3, -0.25) is 4.79 Å². The van der Waals surface area contributed by atoms with Crippen molar-refractivity contribution < 1.29 is 19.4 Å². The molecule has 0 unspecified atom stereocenters. The molecule has 1 aromatic carbocycles. The molecule has 0 atom stereocenters. The predicted molar refractivity (Wildman–Crippen MR) is 55.8 cm³/mol. The van der Waals surface area contributed by atoms with Crippen molar-refractivity contribution in [3.05, 3.63) is 34.2 Å². The molecule has 16 heavy (non-hydrogen) atoms. The first-order valence-corrected chi connectivity index (χ1v) is 4.50. The molecule has 2 rings (SSSR count). The maximum absolute atomic E-state index is 11.4. The molecule has 0 saturated carbocycles. The predicted octanol–water partition coefficient (Wildman–Crippen LogP) is 1.41. The summed E-state index contributed by atoms with van der Waals surface area (Å²) < 4.78 is 4.82. The summed E-state index contributed by atoms with van der Waals surface area (Å²) in [6, 6.07) is 3.89. The van der Waals surface area contributed by atoms with Gasteiger partial charge in [-0.05, 0) is 19.1 Å². The van der Waals surface area contributed by atoms with Gasteiger partial charge >= 0.3 is 5.63 Å². The van der Waals surface area contributed by atoms with E-state index in [2.05, 4.69) is 0 Å². The molecule has 2 N–H and O–H groups in total. The Kier molecular flexibility index (Phi) is 2.16. The number of carbonyl (C=O) groups is 1. The van der Waals surface area contributed by atoms with Crippen LogP contribution in [-0.2, 0) is 0 Å². The lowest BCUT2D eigenvalue weighted by atomic mass is 10.1. The van der Waals surface area contributed by atoms with Crippen molar-refractivity contribution in [2.24, 2.45) is 0 Å². The largest absolute Gasteiger partial charge is 0.508 e. The molecule has 5 heteroatoms. The van der Waals surface area contributed by atoms with Gasteiger partial charge in [-0.15, -0.1) is 0 Å². The first-order valence-electron chi connectivity index (χ1n) is 4.50. The molecule has 0 saturated heterocycles. The van der Waals surface area contributed by atoms with Crippen LogP contribution in [0.25, 0.3) is 11.0 Å². The standard InChI is InChI=1S/C11H8O5/c1-5(12)9-10(14)7-3-2-6(13)4-8(7)16-11(9)15/h2-4,13-14H,1H3. The Morgan fingerprint density at radius 3 is 2.62 bits per heavy atom. The van der Waals surface area contributed by atoms with Crippen LogP contribution in [0.5, 0.6) is 11.5 Å². The van der Waals surface area contributed by atoms with Crippen molar-refractivity contribution in [1.29, 1.82) is 0 Å². The number of benzene rings is 1. The number of rotatable bonds is 1. The topological polar surface area (TPSA) is 87.7 Å². The average molecular weight is 220 g/mol. The minimum Gasteiger partial charge on any atom is -0.508 e. The van der Waals surface area contributed by atoms with E-state index in [4.69, 9.17) is 4.42 Å². The molecule has 0 amide bonds. The van der Waals surface area contributed by atoms with Crippen molar-refractivity contribution in [1.82, 2.24) is 0 Å². The molecular weight excluding hydrogens is 212 g/mol. The highest BCUT2D eigenvalue weighted by atomic mass is 16.4. The zero-order valence-electron chi connectivity index (χ0n) is 8.35. The number of carbonyl (C=O) groups excluding carboxylic acids is 1. The SMILES string of the molecule is CC(=O)c1c(O)c2ccc(O)cc2oc1=O. The monoisotopic (exact) mass is 220 g/mol. The number of hydrogen-bond acceptors (Lipinski definition) is 5. The Labute approximate surface area is 89.6 Å². The van der Waals surface area contributed by atoms with E-state index in [0.717, 1.165) is 6.92 Å². The van der Waals surface area contributed by atoms with E-state index in [-0.39, 0.29) is 22.3 Å². The van der Waals surface area contributed by atoms with E-state index >= 15 is 0 Å². The Bertz CT molecular complexity index is 639. The summed E-state index contributed by atoms with van der Waals surface area (Å²) in [6.07, 6.45) is 0. The molecular formula is C11H8O5. The minimum absolute atomic E-state index is 0.0347. The maximum Gasteiger partial charge on any atom is 0.351 e. The van der Waals surface area contributed by atoms with Crippen molar-refractivity contribution >= 4 is 16.8 Å². The van der Waals surface area contributed by atoms with Gasteiger partial charge in [-0.25, -0.2) is 4.79 Å². The summed E-state index contributed by atoms with van der Waals surface area (Å²) in [5.41, 5.74) is -1.26. The number of aromatic hydroxyl groups is 2. The van der Waals surface area contributed by atoms with Crippen molar-refractivity contribution in [2.75, 3.05) is 0 Å². The van der Waals surface area contributed by atoms with Gasteiger partial charge in [-0.1, -0.05) is 0 Å². The molecule has 0 bridgehead atoms. The molecule has 0 spiro atoms. The van der Waals surface area contributed by atoms with E-state index in [1.807, 2.05) is 0 Å². The Morgan fingerprint density at radius 1 is 1.31 bits per heavy atom.